The Bertz CT molecular complexity index is 117. The van der Waals surface area contributed by atoms with Crippen LogP contribution in [-0.4, -0.2) is 65.8 Å². The molecule has 0 aromatic heterocycles. The van der Waals surface area contributed by atoms with Crippen LogP contribution < -0.4 is 0 Å². The third-order valence-corrected chi connectivity index (χ3v) is 2.21. The van der Waals surface area contributed by atoms with Gasteiger partial charge in [0.1, 0.15) is 0 Å². The zero-order valence-corrected chi connectivity index (χ0v) is 7.14. The van der Waals surface area contributed by atoms with Crippen LogP contribution in [0, 0.1) is 0 Å². The number of hydrogen-bond donors (Lipinski definition) is 0. The molecule has 0 bridgehead atoms. The van der Waals surface area contributed by atoms with Gasteiger partial charge < -0.3 is 0 Å². The summed E-state index contributed by atoms with van der Waals surface area (Å²) in [6.07, 6.45) is 1.42. The Morgan fingerprint density at radius 3 is 2.55 bits per heavy atom. The Kier molecular flexibility index (Phi) is 6.37. The van der Waals surface area contributed by atoms with Crippen LogP contribution in [-0.2, 0) is 4.39 Å². The van der Waals surface area contributed by atoms with Gasteiger partial charge in [-0.25, -0.2) is 0 Å². The van der Waals surface area contributed by atoms with Crippen molar-refractivity contribution in [2.75, 3.05) is 20.1 Å². The summed E-state index contributed by atoms with van der Waals surface area (Å²) in [4.78, 5) is 2.20. The van der Waals surface area contributed by atoms with E-state index >= 15 is 0 Å². The topological polar surface area (TPSA) is 15.7 Å². The van der Waals surface area contributed by atoms with Crippen molar-refractivity contribution in [2.24, 2.45) is 0 Å². The fourth-order valence-corrected chi connectivity index (χ4v) is 1.35. The van der Waals surface area contributed by atoms with Gasteiger partial charge in [0.15, 0.2) is 0 Å². The number of rotatable bonds is 1. The van der Waals surface area contributed by atoms with Crippen LogP contribution in [0.5, 0.6) is 0 Å². The monoisotopic (exact) mass is 188 g/mol. The second-order valence-electron chi connectivity index (χ2n) is 2.68. The van der Waals surface area contributed by atoms with Crippen molar-refractivity contribution in [1.29, 1.82) is 0 Å². The molecule has 1 unspecified atom stereocenters. The van der Waals surface area contributed by atoms with Crippen LogP contribution >= 0.6 is 11.9 Å². The molecule has 0 aliphatic carbocycles. The number of nitrogens with zero attached hydrogens (tertiary/aromatic N) is 2. The maximum absolute atomic E-state index is 5.24. The molecular weight excluding hydrogens is 175 g/mol. The Labute approximate surface area is 95.0 Å². The minimum atomic E-state index is 0. The van der Waals surface area contributed by atoms with Gasteiger partial charge in [-0.05, 0) is 20.4 Å². The van der Waals surface area contributed by atoms with E-state index in [-0.39, 0.29) is 29.6 Å². The summed E-state index contributed by atoms with van der Waals surface area (Å²) in [6, 6.07) is 0. The van der Waals surface area contributed by atoms with Crippen LogP contribution in [0.2, 0.25) is 0 Å². The first-order chi connectivity index (χ1) is 4.75. The molecule has 1 aliphatic rings. The summed E-state index contributed by atoms with van der Waals surface area (Å²) < 4.78 is 4.64. The van der Waals surface area contributed by atoms with Crippen LogP contribution in [0.1, 0.15) is 13.3 Å². The summed E-state index contributed by atoms with van der Waals surface area (Å²) in [7, 11) is 2.06. The third kappa shape index (κ3) is 3.19. The molecular formula is C6H14ClN2NaO. The zero-order chi connectivity index (χ0) is 7.56. The predicted octanol–water partition coefficient (Wildman–Crippen LogP) is 0.407. The van der Waals surface area contributed by atoms with Crippen LogP contribution in [0.3, 0.4) is 0 Å². The van der Waals surface area contributed by atoms with Crippen molar-refractivity contribution in [3.05, 3.63) is 0 Å². The molecule has 11 heavy (non-hydrogen) atoms. The van der Waals surface area contributed by atoms with Gasteiger partial charge in [0.05, 0.1) is 18.0 Å². The van der Waals surface area contributed by atoms with Crippen molar-refractivity contribution in [3.8, 4) is 0 Å². The first-order valence-electron chi connectivity index (χ1n) is 3.51. The van der Waals surface area contributed by atoms with Crippen molar-refractivity contribution in [1.82, 2.24) is 9.96 Å². The number of hydroxylamine groups is 2. The molecule has 5 heteroatoms. The van der Waals surface area contributed by atoms with Crippen molar-refractivity contribution >= 4 is 41.4 Å². The molecule has 1 atom stereocenters. The van der Waals surface area contributed by atoms with Crippen LogP contribution in [0.25, 0.3) is 0 Å². The Balaban J connectivity index is 0.000001000. The SMILES string of the molecule is CC1N(C)CCCN1OCl.[NaH]. The van der Waals surface area contributed by atoms with E-state index in [1.165, 1.54) is 0 Å². The summed E-state index contributed by atoms with van der Waals surface area (Å²) in [5.74, 6) is 0. The molecule has 1 saturated heterocycles. The molecule has 1 aliphatic heterocycles. The average Bonchev–Trinajstić information content (AvgIpc) is 1.95. The van der Waals surface area contributed by atoms with Gasteiger partial charge in [0.2, 0.25) is 0 Å². The standard InChI is InChI=1S/C6H13ClN2O.Na.H/c1-6-8(2)4-3-5-9(6)10-7;;/h6H,3-5H2,1-2H3;;. The van der Waals surface area contributed by atoms with E-state index in [9.17, 15) is 0 Å². The number of halogens is 1. The van der Waals surface area contributed by atoms with Gasteiger partial charge in [0, 0.05) is 13.1 Å². The van der Waals surface area contributed by atoms with E-state index in [1.807, 2.05) is 0 Å². The average molecular weight is 189 g/mol. The fraction of sp³-hybridized carbons (Fsp3) is 1.00. The molecule has 0 aromatic carbocycles. The van der Waals surface area contributed by atoms with Gasteiger partial charge in [-0.2, -0.15) is 9.45 Å². The predicted molar refractivity (Wildman–Crippen MR) is 47.5 cm³/mol. The Morgan fingerprint density at radius 1 is 1.45 bits per heavy atom. The van der Waals surface area contributed by atoms with Gasteiger partial charge in [0.25, 0.3) is 0 Å². The normalized spacial score (nSPS) is 28.1. The molecule has 0 radical (unpaired) electrons. The fourth-order valence-electron chi connectivity index (χ4n) is 1.16. The van der Waals surface area contributed by atoms with E-state index in [1.54, 1.807) is 5.06 Å². The maximum atomic E-state index is 5.24. The molecule has 0 aromatic rings. The quantitative estimate of drug-likeness (QED) is 0.555. The van der Waals surface area contributed by atoms with Crippen molar-refractivity contribution in [2.45, 2.75) is 19.5 Å². The zero-order valence-electron chi connectivity index (χ0n) is 6.38. The van der Waals surface area contributed by atoms with E-state index < -0.39 is 0 Å². The summed E-state index contributed by atoms with van der Waals surface area (Å²) in [6.45, 7) is 4.12. The first-order valence-corrected chi connectivity index (χ1v) is 3.82. The molecule has 0 spiro atoms. The molecule has 0 saturated carbocycles. The van der Waals surface area contributed by atoms with Gasteiger partial charge >= 0.3 is 29.6 Å². The van der Waals surface area contributed by atoms with Crippen LogP contribution in [0.15, 0.2) is 0 Å². The summed E-state index contributed by atoms with van der Waals surface area (Å²) in [5.41, 5.74) is 0. The molecule has 1 fully saturated rings. The second-order valence-corrected chi connectivity index (χ2v) is 2.81. The van der Waals surface area contributed by atoms with Crippen LogP contribution in [0.4, 0.5) is 0 Å². The van der Waals surface area contributed by atoms with Gasteiger partial charge in [-0.1, -0.05) is 0 Å². The van der Waals surface area contributed by atoms with Crippen molar-refractivity contribution in [3.63, 3.8) is 0 Å². The Hall–Kier alpha value is 1.17. The molecule has 1 rings (SSSR count). The van der Waals surface area contributed by atoms with Gasteiger partial charge in [-0.15, -0.1) is 0 Å². The Morgan fingerprint density at radius 2 is 2.09 bits per heavy atom. The van der Waals surface area contributed by atoms with E-state index in [4.69, 9.17) is 11.9 Å². The molecule has 0 N–H and O–H groups in total. The molecule has 62 valence electrons. The van der Waals surface area contributed by atoms with E-state index in [0.717, 1.165) is 19.5 Å². The van der Waals surface area contributed by atoms with E-state index in [0.29, 0.717) is 6.17 Å². The summed E-state index contributed by atoms with van der Waals surface area (Å²) >= 11 is 5.24. The molecule has 0 amide bonds. The van der Waals surface area contributed by atoms with Crippen molar-refractivity contribution < 1.29 is 4.39 Å². The molecule has 3 nitrogen and oxygen atoms in total. The van der Waals surface area contributed by atoms with Gasteiger partial charge in [-0.3, -0.25) is 4.90 Å². The minimum absolute atomic E-state index is 0. The first kappa shape index (κ1) is 12.2. The third-order valence-electron chi connectivity index (χ3n) is 2.03. The molecule has 1 heterocycles. The van der Waals surface area contributed by atoms with E-state index in [2.05, 4.69) is 23.3 Å². The summed E-state index contributed by atoms with van der Waals surface area (Å²) in [5, 5.41) is 1.77. The number of hydrogen-bond acceptors (Lipinski definition) is 3. The second kappa shape index (κ2) is 5.75.